The minimum Gasteiger partial charge on any atom is -0.484 e. The fourth-order valence-corrected chi connectivity index (χ4v) is 3.63. The molecule has 0 aliphatic carbocycles. The van der Waals surface area contributed by atoms with Gasteiger partial charge in [-0.3, -0.25) is 4.79 Å². The summed E-state index contributed by atoms with van der Waals surface area (Å²) >= 11 is 0. The molecule has 0 aromatic heterocycles. The van der Waals surface area contributed by atoms with Crippen molar-refractivity contribution in [2.75, 3.05) is 37.0 Å². The molecule has 0 bridgehead atoms. The minimum absolute atomic E-state index is 0.0337. The monoisotopic (exact) mass is 402 g/mol. The molecule has 154 valence electrons. The van der Waals surface area contributed by atoms with E-state index >= 15 is 0 Å². The normalized spacial score (nSPS) is 15.8. The molecule has 0 radical (unpaired) electrons. The maximum Gasteiger partial charge on any atom is 0.262 e. The highest BCUT2D eigenvalue weighted by Crippen LogP contribution is 2.24. The lowest BCUT2D eigenvalue weighted by atomic mass is 10.1. The molecule has 4 rings (SSSR count). The maximum atomic E-state index is 12.2. The number of carbonyl (C=O) groups is 1. The van der Waals surface area contributed by atoms with Crippen LogP contribution in [0.25, 0.3) is 11.1 Å². The molecule has 3 aromatic carbocycles. The molecule has 1 fully saturated rings. The zero-order valence-corrected chi connectivity index (χ0v) is 17.1. The average Bonchev–Trinajstić information content (AvgIpc) is 3.29. The third-order valence-electron chi connectivity index (χ3n) is 5.33. The first-order valence-corrected chi connectivity index (χ1v) is 10.2. The number of hydrogen-bond acceptors (Lipinski definition) is 4. The molecular weight excluding hydrogens is 376 g/mol. The molecule has 5 heteroatoms. The molecular formula is C25H26N2O3. The second-order valence-corrected chi connectivity index (χ2v) is 7.37. The van der Waals surface area contributed by atoms with Crippen molar-refractivity contribution in [2.24, 2.45) is 0 Å². The van der Waals surface area contributed by atoms with E-state index in [-0.39, 0.29) is 12.5 Å². The van der Waals surface area contributed by atoms with E-state index in [9.17, 15) is 4.79 Å². The summed E-state index contributed by atoms with van der Waals surface area (Å²) in [6.07, 6.45) is 1.34. The van der Waals surface area contributed by atoms with Crippen LogP contribution in [0.5, 0.6) is 5.75 Å². The molecule has 1 saturated heterocycles. The van der Waals surface area contributed by atoms with Crippen molar-refractivity contribution in [3.8, 4) is 16.9 Å². The van der Waals surface area contributed by atoms with Crippen LogP contribution < -0.4 is 15.0 Å². The van der Waals surface area contributed by atoms with Gasteiger partial charge in [0.15, 0.2) is 6.61 Å². The lowest BCUT2D eigenvalue weighted by molar-refractivity contribution is -0.118. The summed E-state index contributed by atoms with van der Waals surface area (Å²) in [6.45, 7) is 1.86. The fourth-order valence-electron chi connectivity index (χ4n) is 3.63. The Morgan fingerprint density at radius 2 is 1.67 bits per heavy atom. The van der Waals surface area contributed by atoms with E-state index in [0.29, 0.717) is 11.9 Å². The molecule has 1 amide bonds. The molecule has 1 aliphatic heterocycles. The van der Waals surface area contributed by atoms with Crippen molar-refractivity contribution < 1.29 is 14.3 Å². The van der Waals surface area contributed by atoms with E-state index < -0.39 is 0 Å². The van der Waals surface area contributed by atoms with Crippen LogP contribution in [0.15, 0.2) is 78.9 Å². The smallest absolute Gasteiger partial charge is 0.262 e. The Morgan fingerprint density at radius 3 is 2.33 bits per heavy atom. The zero-order chi connectivity index (χ0) is 20.8. The summed E-state index contributed by atoms with van der Waals surface area (Å²) in [5, 5.41) is 2.88. The summed E-state index contributed by atoms with van der Waals surface area (Å²) in [7, 11) is 1.76. The van der Waals surface area contributed by atoms with Crippen molar-refractivity contribution in [1.29, 1.82) is 0 Å². The highest BCUT2D eigenvalue weighted by molar-refractivity contribution is 5.92. The van der Waals surface area contributed by atoms with E-state index in [1.165, 1.54) is 0 Å². The summed E-state index contributed by atoms with van der Waals surface area (Å²) in [6, 6.07) is 25.8. The van der Waals surface area contributed by atoms with Gasteiger partial charge in [-0.05, 0) is 53.9 Å². The van der Waals surface area contributed by atoms with Crippen LogP contribution in [0.2, 0.25) is 0 Å². The summed E-state index contributed by atoms with van der Waals surface area (Å²) in [5.41, 5.74) is 4.16. The third kappa shape index (κ3) is 4.99. The number of hydrogen-bond donors (Lipinski definition) is 1. The molecule has 3 aromatic rings. The Bertz CT molecular complexity index is 956. The number of methoxy groups -OCH3 is 1. The summed E-state index contributed by atoms with van der Waals surface area (Å²) in [5.74, 6) is 0.484. The van der Waals surface area contributed by atoms with Crippen LogP contribution in [-0.4, -0.2) is 38.8 Å². The number of amides is 1. The van der Waals surface area contributed by atoms with Gasteiger partial charge in [0.1, 0.15) is 5.75 Å². The van der Waals surface area contributed by atoms with Gasteiger partial charge in [0.25, 0.3) is 5.91 Å². The molecule has 30 heavy (non-hydrogen) atoms. The van der Waals surface area contributed by atoms with Gasteiger partial charge in [0.2, 0.25) is 0 Å². The summed E-state index contributed by atoms with van der Waals surface area (Å²) in [4.78, 5) is 14.5. The van der Waals surface area contributed by atoms with Gasteiger partial charge in [0, 0.05) is 31.6 Å². The molecule has 1 heterocycles. The first-order valence-electron chi connectivity index (χ1n) is 10.2. The van der Waals surface area contributed by atoms with E-state index in [2.05, 4.69) is 22.3 Å². The molecule has 0 saturated carbocycles. The van der Waals surface area contributed by atoms with Gasteiger partial charge >= 0.3 is 0 Å². The van der Waals surface area contributed by atoms with E-state index in [1.807, 2.05) is 66.7 Å². The van der Waals surface area contributed by atoms with Crippen LogP contribution in [0.1, 0.15) is 6.42 Å². The fraction of sp³-hybridized carbons (Fsp3) is 0.240. The first kappa shape index (κ1) is 20.0. The van der Waals surface area contributed by atoms with Crippen LogP contribution >= 0.6 is 0 Å². The lowest BCUT2D eigenvalue weighted by Gasteiger charge is -2.18. The number of nitrogens with zero attached hydrogens (tertiary/aromatic N) is 1. The van der Waals surface area contributed by atoms with Gasteiger partial charge in [0.05, 0.1) is 6.10 Å². The number of benzene rings is 3. The van der Waals surface area contributed by atoms with Gasteiger partial charge in [-0.15, -0.1) is 0 Å². The quantitative estimate of drug-likeness (QED) is 0.628. The Labute approximate surface area is 177 Å². The topological polar surface area (TPSA) is 50.8 Å². The van der Waals surface area contributed by atoms with Crippen molar-refractivity contribution in [2.45, 2.75) is 12.5 Å². The van der Waals surface area contributed by atoms with Crippen LogP contribution in [0.4, 0.5) is 11.4 Å². The van der Waals surface area contributed by atoms with E-state index in [4.69, 9.17) is 9.47 Å². The predicted octanol–water partition coefficient (Wildman–Crippen LogP) is 4.60. The predicted molar refractivity (Wildman–Crippen MR) is 120 cm³/mol. The molecule has 5 nitrogen and oxygen atoms in total. The highest BCUT2D eigenvalue weighted by atomic mass is 16.5. The molecule has 0 spiro atoms. The van der Waals surface area contributed by atoms with Crippen LogP contribution in [0, 0.1) is 0 Å². The molecule has 1 unspecified atom stereocenters. The van der Waals surface area contributed by atoms with Gasteiger partial charge in [-0.2, -0.15) is 0 Å². The standard InChI is InChI=1S/C25H26N2O3/c1-29-24-15-16-27(17-24)22-11-9-21(10-12-22)26-25(28)18-30-23-13-7-20(8-14-23)19-5-3-2-4-6-19/h2-14,24H,15-18H2,1H3,(H,26,28). The van der Waals surface area contributed by atoms with Crippen molar-refractivity contribution in [3.63, 3.8) is 0 Å². The van der Waals surface area contributed by atoms with Crippen molar-refractivity contribution in [1.82, 2.24) is 0 Å². The number of ether oxygens (including phenoxy) is 2. The minimum atomic E-state index is -0.185. The van der Waals surface area contributed by atoms with Crippen molar-refractivity contribution >= 4 is 17.3 Å². The van der Waals surface area contributed by atoms with E-state index in [1.54, 1.807) is 7.11 Å². The Kier molecular flexibility index (Phi) is 6.30. The van der Waals surface area contributed by atoms with Crippen LogP contribution in [-0.2, 0) is 9.53 Å². The maximum absolute atomic E-state index is 12.2. The number of carbonyl (C=O) groups excluding carboxylic acids is 1. The third-order valence-corrected chi connectivity index (χ3v) is 5.33. The SMILES string of the molecule is COC1CCN(c2ccc(NC(=O)COc3ccc(-c4ccccc4)cc3)cc2)C1. The molecule has 1 atom stereocenters. The second kappa shape index (κ2) is 9.46. The molecule has 1 N–H and O–H groups in total. The van der Waals surface area contributed by atoms with Gasteiger partial charge in [-0.25, -0.2) is 0 Å². The first-order chi connectivity index (χ1) is 14.7. The lowest BCUT2D eigenvalue weighted by Crippen LogP contribution is -2.22. The van der Waals surface area contributed by atoms with E-state index in [0.717, 1.165) is 42.0 Å². The summed E-state index contributed by atoms with van der Waals surface area (Å²) < 4.78 is 11.0. The number of anilines is 2. The van der Waals surface area contributed by atoms with Crippen molar-refractivity contribution in [3.05, 3.63) is 78.9 Å². The Balaban J connectivity index is 1.27. The molecule has 1 aliphatic rings. The van der Waals surface area contributed by atoms with Gasteiger partial charge in [-0.1, -0.05) is 42.5 Å². The average molecular weight is 402 g/mol. The number of nitrogens with one attached hydrogen (secondary N) is 1. The number of rotatable bonds is 7. The zero-order valence-electron chi connectivity index (χ0n) is 17.1. The largest absolute Gasteiger partial charge is 0.484 e. The second-order valence-electron chi connectivity index (χ2n) is 7.37. The Morgan fingerprint density at radius 1 is 0.967 bits per heavy atom. The Hall–Kier alpha value is -3.31. The van der Waals surface area contributed by atoms with Crippen LogP contribution in [0.3, 0.4) is 0 Å². The highest BCUT2D eigenvalue weighted by Gasteiger charge is 2.22. The van der Waals surface area contributed by atoms with Gasteiger partial charge < -0.3 is 19.7 Å².